The summed E-state index contributed by atoms with van der Waals surface area (Å²) in [5.41, 5.74) is 1.16. The van der Waals surface area contributed by atoms with E-state index in [1.807, 2.05) is 0 Å². The van der Waals surface area contributed by atoms with Gasteiger partial charge in [-0.1, -0.05) is 6.07 Å². The van der Waals surface area contributed by atoms with Crippen molar-refractivity contribution >= 4 is 11.9 Å². The van der Waals surface area contributed by atoms with Gasteiger partial charge in [0, 0.05) is 0 Å². The molecule has 0 amide bonds. The summed E-state index contributed by atoms with van der Waals surface area (Å²) < 4.78 is 9.75. The SMILES string of the molecule is COC(=O)c1cc([C@@H]2C[C@H]2C(=O)O)ccc1OC. The summed E-state index contributed by atoms with van der Waals surface area (Å²) in [5, 5.41) is 8.89. The predicted octanol–water partition coefficient (Wildman–Crippen LogP) is 1.67. The summed E-state index contributed by atoms with van der Waals surface area (Å²) in [6.07, 6.45) is 0.613. The topological polar surface area (TPSA) is 72.8 Å². The van der Waals surface area contributed by atoms with Crippen LogP contribution in [0.1, 0.15) is 28.3 Å². The molecular weight excluding hydrogens is 236 g/mol. The first-order valence-electron chi connectivity index (χ1n) is 5.57. The van der Waals surface area contributed by atoms with Crippen molar-refractivity contribution < 1.29 is 24.2 Å². The van der Waals surface area contributed by atoms with Crippen molar-refractivity contribution in [3.63, 3.8) is 0 Å². The van der Waals surface area contributed by atoms with Crippen molar-refractivity contribution in [2.45, 2.75) is 12.3 Å². The molecule has 18 heavy (non-hydrogen) atoms. The first-order chi connectivity index (χ1) is 8.58. The van der Waals surface area contributed by atoms with Crippen molar-refractivity contribution in [3.05, 3.63) is 29.3 Å². The minimum atomic E-state index is -0.796. The van der Waals surface area contributed by atoms with Crippen LogP contribution in [0.3, 0.4) is 0 Å². The summed E-state index contributed by atoms with van der Waals surface area (Å²) in [6, 6.07) is 5.11. The van der Waals surface area contributed by atoms with E-state index in [1.165, 1.54) is 14.2 Å². The van der Waals surface area contributed by atoms with E-state index in [2.05, 4.69) is 4.74 Å². The third-order valence-electron chi connectivity index (χ3n) is 3.16. The molecule has 96 valence electrons. The molecule has 0 aromatic heterocycles. The Kier molecular flexibility index (Phi) is 3.23. The van der Waals surface area contributed by atoms with Gasteiger partial charge in [0.2, 0.25) is 0 Å². The van der Waals surface area contributed by atoms with Gasteiger partial charge in [-0.15, -0.1) is 0 Å². The molecule has 1 aliphatic carbocycles. The Labute approximate surface area is 104 Å². The zero-order chi connectivity index (χ0) is 13.3. The smallest absolute Gasteiger partial charge is 0.341 e. The number of carbonyl (C=O) groups excluding carboxylic acids is 1. The van der Waals surface area contributed by atoms with E-state index >= 15 is 0 Å². The second-order valence-corrected chi connectivity index (χ2v) is 4.24. The zero-order valence-corrected chi connectivity index (χ0v) is 10.2. The van der Waals surface area contributed by atoms with Crippen LogP contribution in [0.2, 0.25) is 0 Å². The standard InChI is InChI=1S/C13H14O5/c1-17-11-4-3-7(5-10(11)13(16)18-2)8-6-9(8)12(14)15/h3-5,8-9H,6H2,1-2H3,(H,14,15)/t8-,9+/m0/s1. The maximum atomic E-state index is 11.6. The Morgan fingerprint density at radius 2 is 2.06 bits per heavy atom. The van der Waals surface area contributed by atoms with Gasteiger partial charge in [-0.3, -0.25) is 4.79 Å². The molecule has 5 heteroatoms. The van der Waals surface area contributed by atoms with Crippen molar-refractivity contribution in [3.8, 4) is 5.75 Å². The lowest BCUT2D eigenvalue weighted by Gasteiger charge is -2.08. The van der Waals surface area contributed by atoms with Crippen LogP contribution in [-0.2, 0) is 9.53 Å². The molecule has 0 spiro atoms. The number of carboxylic acids is 1. The largest absolute Gasteiger partial charge is 0.496 e. The molecule has 0 unspecified atom stereocenters. The Morgan fingerprint density at radius 1 is 1.33 bits per heavy atom. The Hall–Kier alpha value is -2.04. The summed E-state index contributed by atoms with van der Waals surface area (Å²) in [5.74, 6) is -1.21. The molecule has 1 saturated carbocycles. The number of carbonyl (C=O) groups is 2. The molecule has 2 atom stereocenters. The third kappa shape index (κ3) is 2.16. The molecule has 1 fully saturated rings. The van der Waals surface area contributed by atoms with Gasteiger partial charge in [0.05, 0.1) is 20.1 Å². The maximum Gasteiger partial charge on any atom is 0.341 e. The Morgan fingerprint density at radius 3 is 2.56 bits per heavy atom. The molecule has 1 aromatic carbocycles. The molecule has 0 bridgehead atoms. The second-order valence-electron chi connectivity index (χ2n) is 4.24. The summed E-state index contributed by atoms with van der Waals surface area (Å²) in [4.78, 5) is 22.4. The third-order valence-corrected chi connectivity index (χ3v) is 3.16. The van der Waals surface area contributed by atoms with Gasteiger partial charge in [-0.2, -0.15) is 0 Å². The Bertz CT molecular complexity index is 494. The first-order valence-corrected chi connectivity index (χ1v) is 5.57. The fourth-order valence-corrected chi connectivity index (χ4v) is 2.06. The van der Waals surface area contributed by atoms with E-state index in [-0.39, 0.29) is 11.8 Å². The van der Waals surface area contributed by atoms with Crippen molar-refractivity contribution in [1.82, 2.24) is 0 Å². The van der Waals surface area contributed by atoms with Crippen LogP contribution in [-0.4, -0.2) is 31.3 Å². The molecule has 1 aliphatic rings. The maximum absolute atomic E-state index is 11.6. The lowest BCUT2D eigenvalue weighted by atomic mass is 10.0. The highest BCUT2D eigenvalue weighted by Crippen LogP contribution is 2.48. The monoisotopic (exact) mass is 250 g/mol. The predicted molar refractivity (Wildman–Crippen MR) is 62.8 cm³/mol. The summed E-state index contributed by atoms with van der Waals surface area (Å²) in [6.45, 7) is 0. The van der Waals surface area contributed by atoms with Gasteiger partial charge in [-0.25, -0.2) is 4.79 Å². The van der Waals surface area contributed by atoms with Crippen LogP contribution in [0.15, 0.2) is 18.2 Å². The second kappa shape index (κ2) is 4.68. The van der Waals surface area contributed by atoms with E-state index in [0.29, 0.717) is 17.7 Å². The number of hydrogen-bond acceptors (Lipinski definition) is 4. The van der Waals surface area contributed by atoms with Gasteiger partial charge >= 0.3 is 11.9 Å². The van der Waals surface area contributed by atoms with E-state index in [4.69, 9.17) is 9.84 Å². The number of esters is 1. The highest BCUT2D eigenvalue weighted by molar-refractivity contribution is 5.92. The van der Waals surface area contributed by atoms with Gasteiger partial charge in [0.25, 0.3) is 0 Å². The fourth-order valence-electron chi connectivity index (χ4n) is 2.06. The van der Waals surface area contributed by atoms with E-state index in [0.717, 1.165) is 5.56 Å². The normalized spacial score (nSPS) is 21.2. The van der Waals surface area contributed by atoms with Crippen molar-refractivity contribution in [1.29, 1.82) is 0 Å². The number of benzene rings is 1. The summed E-state index contributed by atoms with van der Waals surface area (Å²) >= 11 is 0. The minimum Gasteiger partial charge on any atom is -0.496 e. The zero-order valence-electron chi connectivity index (χ0n) is 10.2. The van der Waals surface area contributed by atoms with Gasteiger partial charge in [0.15, 0.2) is 0 Å². The number of hydrogen-bond donors (Lipinski definition) is 1. The van der Waals surface area contributed by atoms with Crippen LogP contribution in [0.4, 0.5) is 0 Å². The minimum absolute atomic E-state index is 0.0168. The molecule has 0 saturated heterocycles. The summed E-state index contributed by atoms with van der Waals surface area (Å²) in [7, 11) is 2.77. The molecule has 5 nitrogen and oxygen atoms in total. The fraction of sp³-hybridized carbons (Fsp3) is 0.385. The molecule has 0 heterocycles. The highest BCUT2D eigenvalue weighted by Gasteiger charge is 2.44. The number of rotatable bonds is 4. The highest BCUT2D eigenvalue weighted by atomic mass is 16.5. The Balaban J connectivity index is 2.29. The molecule has 2 rings (SSSR count). The van der Waals surface area contributed by atoms with Crippen LogP contribution in [0.25, 0.3) is 0 Å². The first kappa shape index (κ1) is 12.4. The molecule has 1 aromatic rings. The average Bonchev–Trinajstić information content (AvgIpc) is 3.17. The molecule has 0 radical (unpaired) electrons. The van der Waals surface area contributed by atoms with Crippen LogP contribution in [0, 0.1) is 5.92 Å². The molecule has 1 N–H and O–H groups in total. The number of aliphatic carboxylic acids is 1. The van der Waals surface area contributed by atoms with Crippen molar-refractivity contribution in [2.75, 3.05) is 14.2 Å². The van der Waals surface area contributed by atoms with Gasteiger partial charge < -0.3 is 14.6 Å². The van der Waals surface area contributed by atoms with Gasteiger partial charge in [0.1, 0.15) is 11.3 Å². The number of methoxy groups -OCH3 is 2. The van der Waals surface area contributed by atoms with Crippen LogP contribution >= 0.6 is 0 Å². The molecule has 0 aliphatic heterocycles. The van der Waals surface area contributed by atoms with Crippen LogP contribution in [0.5, 0.6) is 5.75 Å². The van der Waals surface area contributed by atoms with Gasteiger partial charge in [-0.05, 0) is 30.0 Å². The van der Waals surface area contributed by atoms with E-state index in [9.17, 15) is 9.59 Å². The molecular formula is C13H14O5. The number of carboxylic acid groups (broad SMARTS) is 1. The average molecular weight is 250 g/mol. The van der Waals surface area contributed by atoms with Crippen LogP contribution < -0.4 is 4.74 Å². The lowest BCUT2D eigenvalue weighted by molar-refractivity contribution is -0.138. The van der Waals surface area contributed by atoms with E-state index < -0.39 is 11.9 Å². The lowest BCUT2D eigenvalue weighted by Crippen LogP contribution is -2.05. The van der Waals surface area contributed by atoms with E-state index in [1.54, 1.807) is 18.2 Å². The number of ether oxygens (including phenoxy) is 2. The van der Waals surface area contributed by atoms with Crippen molar-refractivity contribution in [2.24, 2.45) is 5.92 Å². The quantitative estimate of drug-likeness (QED) is 0.823.